The predicted octanol–water partition coefficient (Wildman–Crippen LogP) is 4.13. The molecule has 2 rings (SSSR count). The molecular weight excluding hydrogens is 300 g/mol. The molecule has 0 radical (unpaired) electrons. The predicted molar refractivity (Wildman–Crippen MR) is 72.9 cm³/mol. The number of thioether (sulfide) groups is 1. The zero-order chi connectivity index (χ0) is 12.3. The van der Waals surface area contributed by atoms with Crippen LogP contribution in [0.5, 0.6) is 0 Å². The first-order chi connectivity index (χ1) is 8.16. The summed E-state index contributed by atoms with van der Waals surface area (Å²) >= 11 is 5.35. The second kappa shape index (κ2) is 5.69. The largest absolute Gasteiger partial charge is 0.425 e. The van der Waals surface area contributed by atoms with Gasteiger partial charge in [-0.1, -0.05) is 34.1 Å². The van der Waals surface area contributed by atoms with Gasteiger partial charge in [-0.05, 0) is 18.6 Å². The first-order valence-corrected chi connectivity index (χ1v) is 7.16. The Labute approximate surface area is 113 Å². The Balaban J connectivity index is 1.98. The molecule has 1 aromatic carbocycles. The van der Waals surface area contributed by atoms with Crippen molar-refractivity contribution in [1.82, 2.24) is 10.2 Å². The lowest BCUT2D eigenvalue weighted by atomic mass is 10.2. The van der Waals surface area contributed by atoms with Gasteiger partial charge >= 0.3 is 0 Å². The summed E-state index contributed by atoms with van der Waals surface area (Å²) in [5.41, 5.74) is 1.29. The number of benzene rings is 1. The van der Waals surface area contributed by atoms with Crippen molar-refractivity contribution >= 4 is 27.7 Å². The maximum Gasteiger partial charge on any atom is 0.226 e. The highest BCUT2D eigenvalue weighted by atomic mass is 79.9. The molecule has 0 bridgehead atoms. The van der Waals surface area contributed by atoms with E-state index < -0.39 is 0 Å². The van der Waals surface area contributed by atoms with Crippen molar-refractivity contribution < 1.29 is 4.42 Å². The van der Waals surface area contributed by atoms with Gasteiger partial charge in [-0.15, -0.1) is 22.0 Å². The van der Waals surface area contributed by atoms with Crippen LogP contribution in [0, 0.1) is 6.92 Å². The summed E-state index contributed by atoms with van der Waals surface area (Å²) in [6.45, 7) is 3.98. The van der Waals surface area contributed by atoms with Gasteiger partial charge in [0.1, 0.15) is 0 Å². The van der Waals surface area contributed by atoms with Crippen LogP contribution in [0.3, 0.4) is 0 Å². The average molecular weight is 313 g/mol. The SMILES string of the molecule is Cc1nnc(CS[C@H](C)c2ccccc2Br)o1. The highest BCUT2D eigenvalue weighted by molar-refractivity contribution is 9.10. The summed E-state index contributed by atoms with van der Waals surface area (Å²) in [6.07, 6.45) is 0. The molecule has 0 unspecified atom stereocenters. The lowest BCUT2D eigenvalue weighted by Gasteiger charge is -2.11. The fourth-order valence-electron chi connectivity index (χ4n) is 1.49. The monoisotopic (exact) mass is 312 g/mol. The van der Waals surface area contributed by atoms with Crippen LogP contribution in [0.15, 0.2) is 33.2 Å². The molecule has 90 valence electrons. The minimum atomic E-state index is 0.387. The summed E-state index contributed by atoms with van der Waals surface area (Å²) in [5, 5.41) is 8.19. The van der Waals surface area contributed by atoms with Crippen LogP contribution < -0.4 is 0 Å². The molecule has 0 aliphatic heterocycles. The van der Waals surface area contributed by atoms with E-state index >= 15 is 0 Å². The molecule has 3 nitrogen and oxygen atoms in total. The molecular formula is C12H13BrN2OS. The van der Waals surface area contributed by atoms with Crippen LogP contribution in [0.1, 0.15) is 29.5 Å². The van der Waals surface area contributed by atoms with Gasteiger partial charge in [0.05, 0.1) is 5.75 Å². The minimum absolute atomic E-state index is 0.387. The zero-order valence-corrected chi connectivity index (χ0v) is 12.1. The highest BCUT2D eigenvalue weighted by Gasteiger charge is 2.11. The quantitative estimate of drug-likeness (QED) is 0.850. The number of halogens is 1. The lowest BCUT2D eigenvalue weighted by Crippen LogP contribution is -1.91. The number of rotatable bonds is 4. The Morgan fingerprint density at radius 3 is 2.76 bits per heavy atom. The van der Waals surface area contributed by atoms with Gasteiger partial charge in [-0.25, -0.2) is 0 Å². The van der Waals surface area contributed by atoms with Gasteiger partial charge in [-0.3, -0.25) is 0 Å². The van der Waals surface area contributed by atoms with E-state index in [1.165, 1.54) is 5.56 Å². The summed E-state index contributed by atoms with van der Waals surface area (Å²) in [6, 6.07) is 8.25. The third-order valence-corrected chi connectivity index (χ3v) is 4.26. The van der Waals surface area contributed by atoms with E-state index in [-0.39, 0.29) is 0 Å². The molecule has 1 atom stereocenters. The Bertz CT molecular complexity index is 501. The second-order valence-electron chi connectivity index (χ2n) is 3.69. The first kappa shape index (κ1) is 12.6. The van der Waals surface area contributed by atoms with Crippen molar-refractivity contribution in [2.45, 2.75) is 24.9 Å². The second-order valence-corrected chi connectivity index (χ2v) is 5.87. The Morgan fingerprint density at radius 1 is 1.35 bits per heavy atom. The van der Waals surface area contributed by atoms with E-state index in [0.717, 1.165) is 10.2 Å². The van der Waals surface area contributed by atoms with Crippen LogP contribution in [-0.4, -0.2) is 10.2 Å². The summed E-state index contributed by atoms with van der Waals surface area (Å²) in [5.74, 6) is 2.05. The summed E-state index contributed by atoms with van der Waals surface area (Å²) in [7, 11) is 0. The Hall–Kier alpha value is -0.810. The van der Waals surface area contributed by atoms with Gasteiger partial charge in [0.15, 0.2) is 0 Å². The summed E-state index contributed by atoms with van der Waals surface area (Å²) in [4.78, 5) is 0. The molecule has 1 heterocycles. The van der Waals surface area contributed by atoms with Crippen molar-refractivity contribution in [3.63, 3.8) is 0 Å². The number of aryl methyl sites for hydroxylation is 1. The maximum atomic E-state index is 5.35. The van der Waals surface area contributed by atoms with Crippen molar-refractivity contribution in [3.05, 3.63) is 46.1 Å². The fourth-order valence-corrected chi connectivity index (χ4v) is 3.16. The Morgan fingerprint density at radius 2 is 2.12 bits per heavy atom. The molecule has 0 N–H and O–H groups in total. The molecule has 0 saturated heterocycles. The standard InChI is InChI=1S/C12H13BrN2OS/c1-8(10-5-3-4-6-11(10)13)17-7-12-15-14-9(2)16-12/h3-6,8H,7H2,1-2H3/t8-/m1/s1. The van der Waals surface area contributed by atoms with E-state index in [1.807, 2.05) is 12.1 Å². The van der Waals surface area contributed by atoms with Gasteiger partial charge in [0.25, 0.3) is 0 Å². The number of hydrogen-bond donors (Lipinski definition) is 0. The first-order valence-electron chi connectivity index (χ1n) is 5.32. The van der Waals surface area contributed by atoms with Crippen molar-refractivity contribution in [2.75, 3.05) is 0 Å². The molecule has 0 aliphatic rings. The lowest BCUT2D eigenvalue weighted by molar-refractivity contribution is 0.485. The Kier molecular flexibility index (Phi) is 4.23. The molecule has 5 heteroatoms. The van der Waals surface area contributed by atoms with Gasteiger partial charge in [-0.2, -0.15) is 0 Å². The smallest absolute Gasteiger partial charge is 0.226 e. The topological polar surface area (TPSA) is 38.9 Å². The zero-order valence-electron chi connectivity index (χ0n) is 9.68. The third kappa shape index (κ3) is 3.33. The average Bonchev–Trinajstić information content (AvgIpc) is 2.73. The van der Waals surface area contributed by atoms with E-state index in [9.17, 15) is 0 Å². The van der Waals surface area contributed by atoms with Crippen molar-refractivity contribution in [2.24, 2.45) is 0 Å². The maximum absolute atomic E-state index is 5.35. The van der Waals surface area contributed by atoms with Crippen LogP contribution in [0.4, 0.5) is 0 Å². The van der Waals surface area contributed by atoms with E-state index in [1.54, 1.807) is 18.7 Å². The molecule has 0 aliphatic carbocycles. The van der Waals surface area contributed by atoms with Gasteiger partial charge in [0, 0.05) is 16.6 Å². The van der Waals surface area contributed by atoms with Crippen LogP contribution in [0.2, 0.25) is 0 Å². The van der Waals surface area contributed by atoms with Crippen LogP contribution >= 0.6 is 27.7 Å². The molecule has 0 fully saturated rings. The van der Waals surface area contributed by atoms with Crippen molar-refractivity contribution in [1.29, 1.82) is 0 Å². The number of hydrogen-bond acceptors (Lipinski definition) is 4. The fraction of sp³-hybridized carbons (Fsp3) is 0.333. The van der Waals surface area contributed by atoms with E-state index in [0.29, 0.717) is 17.0 Å². The van der Waals surface area contributed by atoms with Crippen molar-refractivity contribution in [3.8, 4) is 0 Å². The molecule has 2 aromatic rings. The minimum Gasteiger partial charge on any atom is -0.425 e. The molecule has 0 saturated carbocycles. The van der Waals surface area contributed by atoms with E-state index in [4.69, 9.17) is 4.42 Å². The molecule has 1 aromatic heterocycles. The highest BCUT2D eigenvalue weighted by Crippen LogP contribution is 2.34. The van der Waals surface area contributed by atoms with Crippen LogP contribution in [-0.2, 0) is 5.75 Å². The van der Waals surface area contributed by atoms with E-state index in [2.05, 4.69) is 45.2 Å². The van der Waals surface area contributed by atoms with Gasteiger partial charge in [0.2, 0.25) is 11.8 Å². The number of aromatic nitrogens is 2. The molecule has 0 amide bonds. The van der Waals surface area contributed by atoms with Crippen LogP contribution in [0.25, 0.3) is 0 Å². The van der Waals surface area contributed by atoms with Gasteiger partial charge < -0.3 is 4.42 Å². The molecule has 0 spiro atoms. The molecule has 17 heavy (non-hydrogen) atoms. The number of nitrogens with zero attached hydrogens (tertiary/aromatic N) is 2. The third-order valence-electron chi connectivity index (χ3n) is 2.37. The summed E-state index contributed by atoms with van der Waals surface area (Å²) < 4.78 is 6.49. The normalized spacial score (nSPS) is 12.6.